The van der Waals surface area contributed by atoms with Crippen molar-refractivity contribution in [3.05, 3.63) is 0 Å². The lowest BCUT2D eigenvalue weighted by molar-refractivity contribution is -0.140. The summed E-state index contributed by atoms with van der Waals surface area (Å²) in [5.74, 6) is 1.56. The minimum Gasteiger partial charge on any atom is -0.299 e. The normalized spacial score (nSPS) is 12.4. The van der Waals surface area contributed by atoms with Gasteiger partial charge in [-0.1, -0.05) is 280 Å². The van der Waals surface area contributed by atoms with Crippen molar-refractivity contribution >= 4 is 17.3 Å². The van der Waals surface area contributed by atoms with Crippen LogP contribution in [0.2, 0.25) is 0 Å². The van der Waals surface area contributed by atoms with Gasteiger partial charge in [0.1, 0.15) is 17.3 Å². The zero-order chi connectivity index (χ0) is 44.3. The van der Waals surface area contributed by atoms with Gasteiger partial charge in [-0.3, -0.25) is 14.4 Å². The number of carbonyl (C=O) groups excluding carboxylic acids is 3. The zero-order valence-electron chi connectivity index (χ0n) is 42.3. The molecule has 0 saturated carbocycles. The third-order valence-corrected chi connectivity index (χ3v) is 13.6. The summed E-state index contributed by atoms with van der Waals surface area (Å²) in [6.45, 7) is 15.8. The molecule has 0 aromatic carbocycles. The van der Waals surface area contributed by atoms with Gasteiger partial charge in [0, 0.05) is 25.2 Å². The van der Waals surface area contributed by atoms with Gasteiger partial charge in [0.2, 0.25) is 0 Å². The highest BCUT2D eigenvalue weighted by Crippen LogP contribution is 2.25. The van der Waals surface area contributed by atoms with E-state index in [2.05, 4.69) is 41.5 Å². The molecule has 0 radical (unpaired) electrons. The largest absolute Gasteiger partial charge is 0.299 e. The Balaban J connectivity index is 4.49. The number of Topliss-reactive ketones (excluding diaryl/α,β-unsaturated/α-hetero) is 3. The maximum atomic E-state index is 13.7. The van der Waals surface area contributed by atoms with Gasteiger partial charge in [-0.25, -0.2) is 0 Å². The summed E-state index contributed by atoms with van der Waals surface area (Å²) in [5.41, 5.74) is 0. The SMILES string of the molecule is CC(C)CCCCCCCCCCCCCCC(=O)C(C)C(C(=O)CCCCCCCCCCCCCCC(C)C)C(=O)CCCCCCCCCCCCCCC(C)C. The smallest absolute Gasteiger partial charge is 0.144 e. The second-order valence-electron chi connectivity index (χ2n) is 21.2. The number of unbranched alkanes of at least 4 members (excludes halogenated alkanes) is 33. The molecule has 0 bridgehead atoms. The molecule has 3 nitrogen and oxygen atoms in total. The van der Waals surface area contributed by atoms with E-state index in [0.29, 0.717) is 19.3 Å². The molecule has 0 heterocycles. The van der Waals surface area contributed by atoms with Crippen molar-refractivity contribution in [2.75, 3.05) is 0 Å². The summed E-state index contributed by atoms with van der Waals surface area (Å²) in [7, 11) is 0. The molecule has 0 aromatic rings. The zero-order valence-corrected chi connectivity index (χ0v) is 42.3. The van der Waals surface area contributed by atoms with E-state index in [1.165, 1.54) is 212 Å². The molecule has 0 saturated heterocycles. The Hall–Kier alpha value is -0.990. The Kier molecular flexibility index (Phi) is 43.9. The predicted octanol–water partition coefficient (Wildman–Crippen LogP) is 19.3. The van der Waals surface area contributed by atoms with Crippen molar-refractivity contribution in [3.8, 4) is 0 Å². The van der Waals surface area contributed by atoms with Crippen molar-refractivity contribution in [2.45, 2.75) is 318 Å². The van der Waals surface area contributed by atoms with Crippen LogP contribution in [0.25, 0.3) is 0 Å². The highest BCUT2D eigenvalue weighted by Gasteiger charge is 2.34. The predicted molar refractivity (Wildman–Crippen MR) is 266 cm³/mol. The molecule has 0 aliphatic heterocycles. The number of hydrogen-bond acceptors (Lipinski definition) is 3. The van der Waals surface area contributed by atoms with Gasteiger partial charge in [-0.05, 0) is 37.0 Å². The lowest BCUT2D eigenvalue weighted by Crippen LogP contribution is -2.34. The highest BCUT2D eigenvalue weighted by molar-refractivity contribution is 6.06. The molecule has 0 spiro atoms. The first-order valence-electron chi connectivity index (χ1n) is 27.6. The lowest BCUT2D eigenvalue weighted by atomic mass is 9.79. The van der Waals surface area contributed by atoms with Crippen molar-refractivity contribution in [1.29, 1.82) is 0 Å². The fourth-order valence-electron chi connectivity index (χ4n) is 9.32. The van der Waals surface area contributed by atoms with Crippen molar-refractivity contribution in [1.82, 2.24) is 0 Å². The standard InChI is InChI=1S/C57H110O3/c1-50(2)44-38-32-26-20-14-8-11-17-23-29-35-41-47-54(58)53(7)57(55(59)48-42-36-30-24-18-12-9-15-21-27-33-39-45-51(3)4)56(60)49-43-37-31-25-19-13-10-16-22-28-34-40-46-52(5)6/h50-53,57H,8-49H2,1-7H3. The molecule has 60 heavy (non-hydrogen) atoms. The average Bonchev–Trinajstić information content (AvgIpc) is 3.20. The summed E-state index contributed by atoms with van der Waals surface area (Å²) in [6, 6.07) is 0. The van der Waals surface area contributed by atoms with E-state index in [-0.39, 0.29) is 17.3 Å². The number of hydrogen-bond donors (Lipinski definition) is 0. The summed E-state index contributed by atoms with van der Waals surface area (Å²) < 4.78 is 0. The minimum absolute atomic E-state index is 0.0460. The monoisotopic (exact) mass is 843 g/mol. The van der Waals surface area contributed by atoms with Crippen molar-refractivity contribution < 1.29 is 14.4 Å². The Morgan fingerprint density at radius 3 is 0.600 bits per heavy atom. The second-order valence-corrected chi connectivity index (χ2v) is 21.2. The maximum absolute atomic E-state index is 13.7. The Labute approximate surface area is 378 Å². The Bertz CT molecular complexity index is 886. The van der Waals surface area contributed by atoms with E-state index in [9.17, 15) is 14.4 Å². The molecule has 0 amide bonds. The van der Waals surface area contributed by atoms with Crippen LogP contribution in [0.4, 0.5) is 0 Å². The van der Waals surface area contributed by atoms with Gasteiger partial charge in [0.15, 0.2) is 0 Å². The topological polar surface area (TPSA) is 51.2 Å². The molecule has 0 fully saturated rings. The van der Waals surface area contributed by atoms with Crippen LogP contribution >= 0.6 is 0 Å². The van der Waals surface area contributed by atoms with E-state index < -0.39 is 11.8 Å². The van der Waals surface area contributed by atoms with Crippen LogP contribution in [0, 0.1) is 29.6 Å². The number of rotatable bonds is 49. The molecule has 1 atom stereocenters. The van der Waals surface area contributed by atoms with Gasteiger partial charge in [0.05, 0.1) is 5.92 Å². The number of carbonyl (C=O) groups is 3. The highest BCUT2D eigenvalue weighted by atomic mass is 16.2. The fourth-order valence-corrected chi connectivity index (χ4v) is 9.32. The molecule has 1 unspecified atom stereocenters. The van der Waals surface area contributed by atoms with Crippen LogP contribution in [-0.2, 0) is 14.4 Å². The van der Waals surface area contributed by atoms with Gasteiger partial charge in [-0.15, -0.1) is 0 Å². The van der Waals surface area contributed by atoms with Gasteiger partial charge in [0.25, 0.3) is 0 Å². The summed E-state index contributed by atoms with van der Waals surface area (Å²) in [6.07, 6.45) is 51.5. The molecule has 0 N–H and O–H groups in total. The van der Waals surface area contributed by atoms with E-state index in [1.807, 2.05) is 6.92 Å². The molecule has 0 aliphatic rings. The molecular formula is C57H110O3. The van der Waals surface area contributed by atoms with Gasteiger partial charge in [-0.2, -0.15) is 0 Å². The van der Waals surface area contributed by atoms with Crippen LogP contribution in [0.1, 0.15) is 318 Å². The average molecular weight is 844 g/mol. The summed E-state index contributed by atoms with van der Waals surface area (Å²) in [4.78, 5) is 40.8. The van der Waals surface area contributed by atoms with E-state index in [4.69, 9.17) is 0 Å². The van der Waals surface area contributed by atoms with Crippen LogP contribution in [0.5, 0.6) is 0 Å². The summed E-state index contributed by atoms with van der Waals surface area (Å²) >= 11 is 0. The first kappa shape index (κ1) is 59.0. The molecule has 0 rings (SSSR count). The van der Waals surface area contributed by atoms with Crippen LogP contribution in [-0.4, -0.2) is 17.3 Å². The number of ketones is 3. The van der Waals surface area contributed by atoms with E-state index in [0.717, 1.165) is 56.3 Å². The van der Waals surface area contributed by atoms with Crippen LogP contribution in [0.15, 0.2) is 0 Å². The van der Waals surface area contributed by atoms with Crippen LogP contribution in [0.3, 0.4) is 0 Å². The minimum atomic E-state index is -0.719. The second kappa shape index (κ2) is 44.6. The van der Waals surface area contributed by atoms with Crippen molar-refractivity contribution in [3.63, 3.8) is 0 Å². The first-order valence-corrected chi connectivity index (χ1v) is 27.6. The van der Waals surface area contributed by atoms with E-state index in [1.54, 1.807) is 0 Å². The lowest BCUT2D eigenvalue weighted by Gasteiger charge is -2.21. The molecule has 0 aromatic heterocycles. The first-order chi connectivity index (χ1) is 29.1. The van der Waals surface area contributed by atoms with E-state index >= 15 is 0 Å². The molecular weight excluding hydrogens is 733 g/mol. The van der Waals surface area contributed by atoms with Gasteiger partial charge < -0.3 is 0 Å². The molecule has 0 aliphatic carbocycles. The van der Waals surface area contributed by atoms with Gasteiger partial charge >= 0.3 is 0 Å². The van der Waals surface area contributed by atoms with Crippen molar-refractivity contribution in [2.24, 2.45) is 29.6 Å². The Morgan fingerprint density at radius 1 is 0.233 bits per heavy atom. The maximum Gasteiger partial charge on any atom is 0.144 e. The molecule has 3 heteroatoms. The van der Waals surface area contributed by atoms with Crippen LogP contribution < -0.4 is 0 Å². The fraction of sp³-hybridized carbons (Fsp3) is 0.947. The third kappa shape index (κ3) is 41.0. The Morgan fingerprint density at radius 2 is 0.400 bits per heavy atom. The quantitative estimate of drug-likeness (QED) is 0.0453. The third-order valence-electron chi connectivity index (χ3n) is 13.6. The molecule has 356 valence electrons. The summed E-state index contributed by atoms with van der Waals surface area (Å²) in [5, 5.41) is 0.